The predicted octanol–water partition coefficient (Wildman–Crippen LogP) is 4.92. The van der Waals surface area contributed by atoms with Gasteiger partial charge in [-0.1, -0.05) is 30.7 Å². The van der Waals surface area contributed by atoms with Crippen molar-refractivity contribution in [3.63, 3.8) is 0 Å². The maximum absolute atomic E-state index is 13.0. The first-order valence-corrected chi connectivity index (χ1v) is 9.71. The molecule has 3 atom stereocenters. The SMILES string of the molecule is CCc1ccc(-c2ccc(Cl)nc2C)cc1C1C(=O)[C@@H]2CC[C@@H](C2)C1=O. The van der Waals surface area contributed by atoms with Crippen molar-refractivity contribution in [3.8, 4) is 11.1 Å². The van der Waals surface area contributed by atoms with Crippen molar-refractivity contribution in [2.24, 2.45) is 11.8 Å². The van der Waals surface area contributed by atoms with Crippen LogP contribution in [0, 0.1) is 18.8 Å². The molecule has 26 heavy (non-hydrogen) atoms. The molecule has 2 saturated carbocycles. The Hall–Kier alpha value is -2.00. The van der Waals surface area contributed by atoms with E-state index in [1.165, 1.54) is 0 Å². The Kier molecular flexibility index (Phi) is 4.44. The fraction of sp³-hybridized carbons (Fsp3) is 0.409. The van der Waals surface area contributed by atoms with Crippen LogP contribution in [0.25, 0.3) is 11.1 Å². The van der Waals surface area contributed by atoms with Crippen molar-refractivity contribution in [1.29, 1.82) is 0 Å². The molecule has 0 amide bonds. The molecule has 3 nitrogen and oxygen atoms in total. The lowest BCUT2D eigenvalue weighted by atomic mass is 9.73. The number of carbonyl (C=O) groups excluding carboxylic acids is 2. The summed E-state index contributed by atoms with van der Waals surface area (Å²) in [4.78, 5) is 30.3. The number of nitrogens with zero attached hydrogens (tertiary/aromatic N) is 1. The predicted molar refractivity (Wildman–Crippen MR) is 102 cm³/mol. The second kappa shape index (κ2) is 6.62. The highest BCUT2D eigenvalue weighted by Crippen LogP contribution is 2.45. The number of hydrogen-bond donors (Lipinski definition) is 0. The van der Waals surface area contributed by atoms with Crippen LogP contribution in [0.2, 0.25) is 5.15 Å². The Morgan fingerprint density at radius 1 is 1.08 bits per heavy atom. The summed E-state index contributed by atoms with van der Waals surface area (Å²) in [5.74, 6) is -0.204. The van der Waals surface area contributed by atoms with Crippen LogP contribution < -0.4 is 0 Å². The molecule has 0 N–H and O–H groups in total. The second-order valence-corrected chi connectivity index (χ2v) is 7.87. The van der Waals surface area contributed by atoms with Crippen LogP contribution in [0.1, 0.15) is 48.9 Å². The molecule has 0 aliphatic heterocycles. The fourth-order valence-corrected chi connectivity index (χ4v) is 4.79. The second-order valence-electron chi connectivity index (χ2n) is 7.48. The van der Waals surface area contributed by atoms with Gasteiger partial charge in [0.1, 0.15) is 11.1 Å². The number of Topliss-reactive ketones (excluding diaryl/α,β-unsaturated/α-hetero) is 2. The summed E-state index contributed by atoms with van der Waals surface area (Å²) >= 11 is 5.98. The third-order valence-corrected chi connectivity index (χ3v) is 6.22. The van der Waals surface area contributed by atoms with Gasteiger partial charge in [-0.05, 0) is 67.5 Å². The van der Waals surface area contributed by atoms with E-state index in [0.29, 0.717) is 5.15 Å². The van der Waals surface area contributed by atoms with Gasteiger partial charge < -0.3 is 0 Å². The fourth-order valence-electron chi connectivity index (χ4n) is 4.61. The summed E-state index contributed by atoms with van der Waals surface area (Å²) in [5, 5.41) is 0.464. The van der Waals surface area contributed by atoms with E-state index in [2.05, 4.69) is 18.0 Å². The highest BCUT2D eigenvalue weighted by atomic mass is 35.5. The summed E-state index contributed by atoms with van der Waals surface area (Å²) in [6.45, 7) is 3.99. The minimum Gasteiger partial charge on any atom is -0.298 e. The zero-order valence-electron chi connectivity index (χ0n) is 15.1. The number of pyridine rings is 1. The van der Waals surface area contributed by atoms with E-state index in [9.17, 15) is 9.59 Å². The van der Waals surface area contributed by atoms with Gasteiger partial charge in [0.2, 0.25) is 0 Å². The molecule has 0 saturated heterocycles. The van der Waals surface area contributed by atoms with Crippen molar-refractivity contribution in [1.82, 2.24) is 4.98 Å². The number of aromatic nitrogens is 1. The van der Waals surface area contributed by atoms with Gasteiger partial charge in [-0.3, -0.25) is 9.59 Å². The lowest BCUT2D eigenvalue weighted by Crippen LogP contribution is -2.35. The first kappa shape index (κ1) is 17.4. The molecule has 2 aliphatic rings. The van der Waals surface area contributed by atoms with Crippen molar-refractivity contribution >= 4 is 23.2 Å². The van der Waals surface area contributed by atoms with Gasteiger partial charge in [-0.15, -0.1) is 0 Å². The minimum atomic E-state index is -0.586. The van der Waals surface area contributed by atoms with E-state index in [0.717, 1.165) is 53.6 Å². The number of benzene rings is 1. The summed E-state index contributed by atoms with van der Waals surface area (Å²) in [7, 11) is 0. The molecule has 1 unspecified atom stereocenters. The number of rotatable bonds is 3. The Morgan fingerprint density at radius 2 is 1.77 bits per heavy atom. The zero-order valence-corrected chi connectivity index (χ0v) is 15.8. The van der Waals surface area contributed by atoms with Crippen LogP contribution in [0.5, 0.6) is 0 Å². The molecule has 134 valence electrons. The molecule has 0 radical (unpaired) electrons. The molecule has 1 aromatic carbocycles. The quantitative estimate of drug-likeness (QED) is 0.571. The lowest BCUT2D eigenvalue weighted by Gasteiger charge is -2.27. The number of fused-ring (bicyclic) bond motifs is 2. The van der Waals surface area contributed by atoms with Crippen molar-refractivity contribution in [3.05, 3.63) is 52.3 Å². The molecule has 1 aromatic heterocycles. The Labute approximate surface area is 158 Å². The van der Waals surface area contributed by atoms with E-state index in [1.54, 1.807) is 6.07 Å². The number of halogens is 1. The van der Waals surface area contributed by atoms with Crippen LogP contribution in [-0.4, -0.2) is 16.6 Å². The van der Waals surface area contributed by atoms with E-state index in [4.69, 9.17) is 11.6 Å². The molecule has 2 aliphatic carbocycles. The molecular weight excluding hydrogens is 346 g/mol. The lowest BCUT2D eigenvalue weighted by molar-refractivity contribution is -0.135. The van der Waals surface area contributed by atoms with Gasteiger partial charge in [0.25, 0.3) is 0 Å². The van der Waals surface area contributed by atoms with Gasteiger partial charge >= 0.3 is 0 Å². The minimum absolute atomic E-state index is 0.0648. The number of ketones is 2. The molecule has 1 heterocycles. The largest absolute Gasteiger partial charge is 0.298 e. The highest BCUT2D eigenvalue weighted by molar-refractivity contribution is 6.29. The first-order chi connectivity index (χ1) is 12.5. The summed E-state index contributed by atoms with van der Waals surface area (Å²) in [6, 6.07) is 9.85. The number of carbonyl (C=O) groups is 2. The smallest absolute Gasteiger partial charge is 0.150 e. The molecule has 0 spiro atoms. The summed E-state index contributed by atoms with van der Waals surface area (Å²) < 4.78 is 0. The van der Waals surface area contributed by atoms with Gasteiger partial charge in [0.15, 0.2) is 11.6 Å². The monoisotopic (exact) mass is 367 g/mol. The number of aryl methyl sites for hydroxylation is 2. The normalized spacial score (nSPS) is 25.0. The van der Waals surface area contributed by atoms with Gasteiger partial charge in [0.05, 0.1) is 0 Å². The molecule has 4 rings (SSSR count). The zero-order chi connectivity index (χ0) is 18.4. The Balaban J connectivity index is 1.83. The molecule has 2 fully saturated rings. The Bertz CT molecular complexity index is 883. The van der Waals surface area contributed by atoms with E-state index in [-0.39, 0.29) is 23.4 Å². The van der Waals surface area contributed by atoms with Crippen LogP contribution in [0.15, 0.2) is 30.3 Å². The maximum Gasteiger partial charge on any atom is 0.150 e. The van der Waals surface area contributed by atoms with Crippen LogP contribution in [0.3, 0.4) is 0 Å². The topological polar surface area (TPSA) is 47.0 Å². The average Bonchev–Trinajstić information content (AvgIpc) is 3.07. The molecular formula is C22H22ClNO2. The Morgan fingerprint density at radius 3 is 2.38 bits per heavy atom. The van der Waals surface area contributed by atoms with E-state index in [1.807, 2.05) is 25.1 Å². The third-order valence-electron chi connectivity index (χ3n) is 6.01. The van der Waals surface area contributed by atoms with Gasteiger partial charge in [0, 0.05) is 23.1 Å². The first-order valence-electron chi connectivity index (χ1n) is 9.33. The molecule has 4 heteroatoms. The average molecular weight is 368 g/mol. The highest BCUT2D eigenvalue weighted by Gasteiger charge is 2.47. The maximum atomic E-state index is 13.0. The standard InChI is InChI=1S/C22H22ClNO2/c1-3-13-4-5-14(17-8-9-19(23)24-12(17)2)11-18(13)20-21(25)15-6-7-16(10-15)22(20)26/h4-5,8-9,11,15-16,20H,3,6-7,10H2,1-2H3/t15-,16+,20?. The summed E-state index contributed by atoms with van der Waals surface area (Å²) in [5.41, 5.74) is 4.79. The van der Waals surface area contributed by atoms with Gasteiger partial charge in [-0.25, -0.2) is 4.98 Å². The van der Waals surface area contributed by atoms with Gasteiger partial charge in [-0.2, -0.15) is 0 Å². The summed E-state index contributed by atoms with van der Waals surface area (Å²) in [6.07, 6.45) is 3.30. The van der Waals surface area contributed by atoms with Crippen molar-refractivity contribution in [2.45, 2.75) is 45.4 Å². The van der Waals surface area contributed by atoms with E-state index >= 15 is 0 Å². The van der Waals surface area contributed by atoms with Crippen LogP contribution in [0.4, 0.5) is 0 Å². The van der Waals surface area contributed by atoms with Crippen molar-refractivity contribution in [2.75, 3.05) is 0 Å². The van der Waals surface area contributed by atoms with Crippen molar-refractivity contribution < 1.29 is 9.59 Å². The van der Waals surface area contributed by atoms with E-state index < -0.39 is 5.92 Å². The molecule has 2 aromatic rings. The van der Waals surface area contributed by atoms with Crippen LogP contribution >= 0.6 is 11.6 Å². The molecule has 2 bridgehead atoms. The van der Waals surface area contributed by atoms with Crippen LogP contribution in [-0.2, 0) is 16.0 Å². The number of hydrogen-bond acceptors (Lipinski definition) is 3. The third kappa shape index (κ3) is 2.79.